The van der Waals surface area contributed by atoms with Crippen LogP contribution in [0.25, 0.3) is 33.1 Å². The predicted octanol–water partition coefficient (Wildman–Crippen LogP) is 19.8. The van der Waals surface area contributed by atoms with E-state index >= 15 is 0 Å². The van der Waals surface area contributed by atoms with Gasteiger partial charge in [0.05, 0.1) is 34.5 Å². The summed E-state index contributed by atoms with van der Waals surface area (Å²) in [5.74, 6) is 1.03. The number of nitrogens with zero attached hydrogens (tertiary/aromatic N) is 11. The Bertz CT molecular complexity index is 3170. The van der Waals surface area contributed by atoms with Gasteiger partial charge in [0.25, 0.3) is 0 Å². The lowest BCUT2D eigenvalue weighted by Gasteiger charge is -2.43. The van der Waals surface area contributed by atoms with Crippen LogP contribution < -0.4 is 10.2 Å². The fourth-order valence-electron chi connectivity index (χ4n) is 10.6. The quantitative estimate of drug-likeness (QED) is 0.104. The molecule has 79 heavy (non-hydrogen) atoms. The Hall–Kier alpha value is 2.15. The maximum absolute atomic E-state index is 5.91. The van der Waals surface area contributed by atoms with Crippen LogP contribution in [0.4, 0.5) is 5.82 Å². The molecule has 2 aliphatic carbocycles. The van der Waals surface area contributed by atoms with Crippen molar-refractivity contribution in [3.8, 4) is 0 Å². The smallest absolute Gasteiger partial charge is 0.155 e. The SMILES string of the molecule is Cc1cccc2ncnc(Cl)c12.Cc1cccc2ncnc(N3CCCCC3c3cc4nc5c(cn4n3)CCCC5)c12.PP(P)P(P(P)P)P(P(P)P)P(P(P)P)P(P)P.c1c(C2CCCCN2)nn2cc3c(nc12)CCCC3. The van der Waals surface area contributed by atoms with Gasteiger partial charge in [-0.05, 0) is 194 Å². The Morgan fingerprint density at radius 1 is 0.544 bits per heavy atom. The number of aromatic nitrogens is 10. The van der Waals surface area contributed by atoms with Crippen molar-refractivity contribution >= 4 is 196 Å². The zero-order chi connectivity index (χ0) is 55.9. The molecular weight excluding hydrogens is 1340 g/mol. The maximum atomic E-state index is 5.91. The van der Waals surface area contributed by atoms with Gasteiger partial charge < -0.3 is 10.2 Å². The van der Waals surface area contributed by atoms with E-state index in [0.29, 0.717) is 11.2 Å². The van der Waals surface area contributed by atoms with E-state index in [9.17, 15) is 0 Å². The maximum Gasteiger partial charge on any atom is 0.155 e. The van der Waals surface area contributed by atoms with E-state index in [1.54, 1.807) is 6.33 Å². The van der Waals surface area contributed by atoms with Crippen molar-refractivity contribution in [2.24, 2.45) is 0 Å². The highest BCUT2D eigenvalue weighted by atomic mass is 35.5. The lowest BCUT2D eigenvalue weighted by atomic mass is 9.97. The van der Waals surface area contributed by atoms with E-state index in [2.05, 4.69) is 164 Å². The molecule has 12 unspecified atom stereocenters. The number of rotatable bonds is 10. The first-order valence-electron chi connectivity index (χ1n) is 26.3. The number of benzene rings is 2. The van der Waals surface area contributed by atoms with E-state index in [1.807, 2.05) is 34.2 Å². The van der Waals surface area contributed by atoms with Crippen LogP contribution in [0.15, 0.2) is 73.6 Å². The van der Waals surface area contributed by atoms with Gasteiger partial charge in [0, 0.05) is 53.2 Å². The molecule has 2 aliphatic heterocycles. The summed E-state index contributed by atoms with van der Waals surface area (Å²) in [5.41, 5.74) is 13.8. The van der Waals surface area contributed by atoms with Crippen LogP contribution in [0.1, 0.15) is 121 Å². The molecule has 2 aromatic carbocycles. The second-order valence-electron chi connectivity index (χ2n) is 19.8. The summed E-state index contributed by atoms with van der Waals surface area (Å²) >= 11 is 5.91. The fraction of sp³-hybridized carbons (Fsp3) is 0.417. The van der Waals surface area contributed by atoms with Crippen molar-refractivity contribution < 1.29 is 0 Å². The first-order chi connectivity index (χ1) is 38.1. The zero-order valence-corrected chi connectivity index (χ0v) is 64.0. The molecular formula is C48H73ClN12P18. The van der Waals surface area contributed by atoms with Crippen LogP contribution >= 0.6 is 157 Å². The molecule has 12 rings (SSSR count). The number of hydrogen-bond acceptors (Lipinski definition) is 10. The van der Waals surface area contributed by atoms with Crippen molar-refractivity contribution in [1.82, 2.24) is 54.4 Å². The molecule has 0 saturated carbocycles. The van der Waals surface area contributed by atoms with E-state index < -0.39 is 0 Å². The van der Waals surface area contributed by atoms with Crippen molar-refractivity contribution in [1.29, 1.82) is 0 Å². The number of piperidine rings is 2. The second kappa shape index (κ2) is 31.6. The molecule has 12 nitrogen and oxygen atoms in total. The number of aryl methyl sites for hydroxylation is 6. The van der Waals surface area contributed by atoms with Gasteiger partial charge in [0.1, 0.15) is 23.6 Å². The minimum Gasteiger partial charge on any atom is -0.347 e. The van der Waals surface area contributed by atoms with Gasteiger partial charge in [-0.15, -0.1) is 89.3 Å². The normalized spacial score (nSPS) is 17.7. The average Bonchev–Trinajstić information content (AvgIpc) is 4.22. The van der Waals surface area contributed by atoms with Gasteiger partial charge in [-0.2, -0.15) is 10.2 Å². The third kappa shape index (κ3) is 16.7. The van der Waals surface area contributed by atoms with E-state index in [0.717, 1.165) is 101 Å². The molecule has 8 aromatic rings. The van der Waals surface area contributed by atoms with Crippen LogP contribution in [-0.2, 0) is 25.7 Å². The summed E-state index contributed by atoms with van der Waals surface area (Å²) in [6.45, 7) is 6.95. The molecule has 1 N–H and O–H groups in total. The molecule has 2 saturated heterocycles. The molecule has 12 atom stereocenters. The molecule has 31 heteroatoms. The third-order valence-electron chi connectivity index (χ3n) is 14.3. The van der Waals surface area contributed by atoms with Gasteiger partial charge in [-0.25, -0.2) is 38.9 Å². The Morgan fingerprint density at radius 2 is 1.05 bits per heavy atom. The number of halogens is 1. The Kier molecular flexibility index (Phi) is 26.2. The van der Waals surface area contributed by atoms with Gasteiger partial charge in [-0.1, -0.05) is 42.3 Å². The Labute approximate surface area is 503 Å². The lowest BCUT2D eigenvalue weighted by Crippen LogP contribution is -2.34. The molecule has 6 aromatic heterocycles. The number of anilines is 1. The zero-order valence-electron chi connectivity index (χ0n) is 44.5. The van der Waals surface area contributed by atoms with Crippen LogP contribution in [0.2, 0.25) is 5.15 Å². The molecule has 0 amide bonds. The third-order valence-corrected chi connectivity index (χ3v) is 123. The molecule has 0 spiro atoms. The van der Waals surface area contributed by atoms with Gasteiger partial charge in [0.15, 0.2) is 11.3 Å². The highest BCUT2D eigenvalue weighted by molar-refractivity contribution is 9.33. The molecule has 8 heterocycles. The van der Waals surface area contributed by atoms with Gasteiger partial charge >= 0.3 is 0 Å². The predicted molar refractivity (Wildman–Crippen MR) is 394 cm³/mol. The van der Waals surface area contributed by atoms with Crippen LogP contribution in [0, 0.1) is 13.8 Å². The first-order valence-corrected chi connectivity index (χ1v) is 58.5. The Morgan fingerprint density at radius 3 is 1.59 bits per heavy atom. The van der Waals surface area contributed by atoms with Crippen molar-refractivity contribution in [2.75, 3.05) is 18.0 Å². The van der Waals surface area contributed by atoms with Crippen LogP contribution in [0.3, 0.4) is 0 Å². The minimum atomic E-state index is 0.0415. The summed E-state index contributed by atoms with van der Waals surface area (Å²) in [6, 6.07) is 17.2. The molecule has 4 aliphatic rings. The molecule has 0 radical (unpaired) electrons. The van der Waals surface area contributed by atoms with Crippen molar-refractivity contribution in [2.45, 2.75) is 116 Å². The molecule has 0 bridgehead atoms. The second-order valence-corrected chi connectivity index (χ2v) is 90.5. The van der Waals surface area contributed by atoms with Crippen molar-refractivity contribution in [3.63, 3.8) is 0 Å². The fourth-order valence-corrected chi connectivity index (χ4v) is 220. The van der Waals surface area contributed by atoms with Gasteiger partial charge in [-0.3, -0.25) is 0 Å². The van der Waals surface area contributed by atoms with E-state index in [1.165, 1.54) is 92.2 Å². The first kappa shape index (κ1) is 65.6. The minimum absolute atomic E-state index is 0.0415. The Balaban J connectivity index is 0.000000135. The molecule has 422 valence electrons. The highest BCUT2D eigenvalue weighted by Crippen LogP contribution is 3.28. The summed E-state index contributed by atoms with van der Waals surface area (Å²) in [4.78, 5) is 29.5. The highest BCUT2D eigenvalue weighted by Gasteiger charge is 2.39. The topological polar surface area (TPSA) is 127 Å². The summed E-state index contributed by atoms with van der Waals surface area (Å²) in [7, 11) is 31.2. The largest absolute Gasteiger partial charge is 0.347 e. The summed E-state index contributed by atoms with van der Waals surface area (Å²) in [5, 5.41) is 15.9. The van der Waals surface area contributed by atoms with E-state index in [4.69, 9.17) is 36.8 Å². The average molecular weight is 1410 g/mol. The van der Waals surface area contributed by atoms with Crippen LogP contribution in [0.5, 0.6) is 0 Å². The van der Waals surface area contributed by atoms with E-state index in [-0.39, 0.29) is 61.9 Å². The summed E-state index contributed by atoms with van der Waals surface area (Å²) in [6.07, 6.45) is 24.4. The standard InChI is InChI=1S/C24H26N6.C15H20N4.C9H7ClN2.H20P18/c1-16-7-6-10-19-23(16)24(26-15-25-19)29-12-5-4-11-21(29)20-13-22-27-18-9-3-2-8-17(18)14-30(22)28-20;1-2-6-12-11(5-1)10-19-15(17-12)9-14(18-19)13-7-3-4-8-16-13;1-6-3-2-4-7-8(6)9(10)12-5-11-7;1-11(2)16(12(3)4)18(15(9)10)17(13(5)6)14(7)8/h6-7,10,13-15,21H,2-5,8-9,11-12H2,1H3;9-10,13,16H,1-8H2;2-5H,1H3;1-10H2. The molecule has 2 fully saturated rings. The number of hydrogen-bond donors (Lipinski definition) is 1. The van der Waals surface area contributed by atoms with Crippen molar-refractivity contribution in [3.05, 3.63) is 124 Å². The monoisotopic (exact) mass is 1410 g/mol. The number of nitrogens with one attached hydrogen (secondary N) is 1. The van der Waals surface area contributed by atoms with Crippen LogP contribution in [-0.4, -0.2) is 62.2 Å². The number of fused-ring (bicyclic) bond motifs is 6. The van der Waals surface area contributed by atoms with Gasteiger partial charge in [0.2, 0.25) is 0 Å². The summed E-state index contributed by atoms with van der Waals surface area (Å²) < 4.78 is 3.98. The lowest BCUT2D eigenvalue weighted by molar-refractivity contribution is 0.404.